The summed E-state index contributed by atoms with van der Waals surface area (Å²) >= 11 is 6.91. The normalized spacial score (nSPS) is 30.1. The molecule has 2 rings (SSSR count). The number of rotatable bonds is 4. The monoisotopic (exact) mass is 288 g/mol. The molecule has 1 aromatic rings. The molecule has 0 bridgehead atoms. The van der Waals surface area contributed by atoms with Gasteiger partial charge in [0.05, 0.1) is 4.87 Å². The molecule has 0 aromatic heterocycles. The zero-order valence-electron chi connectivity index (χ0n) is 12.9. The highest BCUT2D eigenvalue weighted by Gasteiger charge is 2.35. The highest BCUT2D eigenvalue weighted by molar-refractivity contribution is 6.26. The standard InChI is InChI=1S/C19H25Cl/c1-5-9-17(13-18-14(2)12-15(18)3)19(4,20)16-10-7-6-8-11-16/h5-11,13-15,18H,12H2,1-4H3/b9-5-,17-13+. The fourth-order valence-electron chi connectivity index (χ4n) is 3.27. The Kier molecular flexibility index (Phi) is 4.75. The van der Waals surface area contributed by atoms with E-state index in [2.05, 4.69) is 70.2 Å². The Morgan fingerprint density at radius 1 is 1.20 bits per heavy atom. The third-order valence-corrected chi connectivity index (χ3v) is 5.07. The average molecular weight is 289 g/mol. The lowest BCUT2D eigenvalue weighted by Gasteiger charge is -2.40. The Morgan fingerprint density at radius 2 is 1.80 bits per heavy atom. The fraction of sp³-hybridized carbons (Fsp3) is 0.474. The van der Waals surface area contributed by atoms with E-state index in [1.165, 1.54) is 12.0 Å². The second-order valence-corrected chi connectivity index (χ2v) is 7.01. The van der Waals surface area contributed by atoms with Crippen molar-refractivity contribution in [1.82, 2.24) is 0 Å². The van der Waals surface area contributed by atoms with Crippen LogP contribution in [0.15, 0.2) is 54.1 Å². The molecule has 0 amide bonds. The van der Waals surface area contributed by atoms with Crippen molar-refractivity contribution in [2.24, 2.45) is 17.8 Å². The first-order valence-electron chi connectivity index (χ1n) is 7.56. The Morgan fingerprint density at radius 3 is 2.30 bits per heavy atom. The van der Waals surface area contributed by atoms with Crippen molar-refractivity contribution in [3.05, 3.63) is 59.7 Å². The van der Waals surface area contributed by atoms with Crippen LogP contribution in [0.2, 0.25) is 0 Å². The molecule has 1 saturated carbocycles. The highest BCUT2D eigenvalue weighted by atomic mass is 35.5. The molecule has 0 saturated heterocycles. The van der Waals surface area contributed by atoms with Gasteiger partial charge in [-0.3, -0.25) is 0 Å². The van der Waals surface area contributed by atoms with E-state index in [-0.39, 0.29) is 0 Å². The predicted molar refractivity (Wildman–Crippen MR) is 89.0 cm³/mol. The first kappa shape index (κ1) is 15.4. The van der Waals surface area contributed by atoms with Crippen LogP contribution >= 0.6 is 11.6 Å². The molecule has 0 heterocycles. The van der Waals surface area contributed by atoms with Crippen molar-refractivity contribution >= 4 is 11.6 Å². The SMILES string of the molecule is C/C=C\C(=C/C1C(C)CC1C)C(C)(Cl)c1ccccc1. The molecule has 1 aromatic carbocycles. The molecule has 0 nitrogen and oxygen atoms in total. The van der Waals surface area contributed by atoms with Gasteiger partial charge < -0.3 is 0 Å². The van der Waals surface area contributed by atoms with Crippen LogP contribution in [0.25, 0.3) is 0 Å². The van der Waals surface area contributed by atoms with Crippen LogP contribution in [-0.4, -0.2) is 0 Å². The van der Waals surface area contributed by atoms with Crippen LogP contribution in [0.4, 0.5) is 0 Å². The topological polar surface area (TPSA) is 0 Å². The third-order valence-electron chi connectivity index (χ3n) is 4.63. The number of hydrogen-bond donors (Lipinski definition) is 0. The zero-order valence-corrected chi connectivity index (χ0v) is 13.7. The van der Waals surface area contributed by atoms with E-state index in [4.69, 9.17) is 11.6 Å². The van der Waals surface area contributed by atoms with E-state index in [0.29, 0.717) is 5.92 Å². The minimum Gasteiger partial charge on any atom is -0.109 e. The van der Waals surface area contributed by atoms with Crippen molar-refractivity contribution in [3.8, 4) is 0 Å². The van der Waals surface area contributed by atoms with Crippen molar-refractivity contribution in [2.75, 3.05) is 0 Å². The van der Waals surface area contributed by atoms with Gasteiger partial charge in [-0.15, -0.1) is 11.6 Å². The van der Waals surface area contributed by atoms with Crippen molar-refractivity contribution in [1.29, 1.82) is 0 Å². The van der Waals surface area contributed by atoms with Crippen LogP contribution in [0.3, 0.4) is 0 Å². The molecule has 0 spiro atoms. The van der Waals surface area contributed by atoms with Gasteiger partial charge in [0.25, 0.3) is 0 Å². The van der Waals surface area contributed by atoms with Gasteiger partial charge in [-0.2, -0.15) is 0 Å². The average Bonchev–Trinajstić information content (AvgIpc) is 2.44. The summed E-state index contributed by atoms with van der Waals surface area (Å²) in [6.45, 7) is 8.83. The summed E-state index contributed by atoms with van der Waals surface area (Å²) in [5.41, 5.74) is 2.38. The van der Waals surface area contributed by atoms with E-state index in [9.17, 15) is 0 Å². The summed E-state index contributed by atoms with van der Waals surface area (Å²) in [7, 11) is 0. The lowest BCUT2D eigenvalue weighted by molar-refractivity contribution is 0.147. The van der Waals surface area contributed by atoms with E-state index in [0.717, 1.165) is 17.4 Å². The third kappa shape index (κ3) is 3.01. The molecule has 20 heavy (non-hydrogen) atoms. The van der Waals surface area contributed by atoms with Gasteiger partial charge in [-0.1, -0.05) is 62.4 Å². The Hall–Kier alpha value is -1.01. The minimum absolute atomic E-state index is 0.456. The van der Waals surface area contributed by atoms with Crippen molar-refractivity contribution in [2.45, 2.75) is 39.0 Å². The molecule has 1 fully saturated rings. The predicted octanol–water partition coefficient (Wildman–Crippen LogP) is 5.94. The first-order chi connectivity index (χ1) is 9.46. The number of alkyl halides is 1. The van der Waals surface area contributed by atoms with E-state index < -0.39 is 4.87 Å². The van der Waals surface area contributed by atoms with Crippen LogP contribution in [-0.2, 0) is 4.87 Å². The Balaban J connectivity index is 2.35. The van der Waals surface area contributed by atoms with E-state index in [1.54, 1.807) is 0 Å². The smallest absolute Gasteiger partial charge is 0.0912 e. The minimum atomic E-state index is -0.456. The second-order valence-electron chi connectivity index (χ2n) is 6.26. The molecule has 0 radical (unpaired) electrons. The van der Waals surface area contributed by atoms with Gasteiger partial charge in [0.15, 0.2) is 0 Å². The summed E-state index contributed by atoms with van der Waals surface area (Å²) in [5, 5.41) is 0. The number of allylic oxidation sites excluding steroid dienone is 4. The summed E-state index contributed by atoms with van der Waals surface area (Å²) in [4.78, 5) is -0.456. The van der Waals surface area contributed by atoms with Gasteiger partial charge >= 0.3 is 0 Å². The number of benzene rings is 1. The van der Waals surface area contributed by atoms with Gasteiger partial charge in [-0.05, 0) is 49.2 Å². The first-order valence-corrected chi connectivity index (χ1v) is 7.94. The molecule has 1 aliphatic rings. The van der Waals surface area contributed by atoms with Crippen molar-refractivity contribution < 1.29 is 0 Å². The molecule has 3 atom stereocenters. The zero-order chi connectivity index (χ0) is 14.8. The molecular formula is C19H25Cl. The molecule has 0 aliphatic heterocycles. The molecule has 3 unspecified atom stereocenters. The van der Waals surface area contributed by atoms with Gasteiger partial charge in [-0.25, -0.2) is 0 Å². The van der Waals surface area contributed by atoms with Gasteiger partial charge in [0, 0.05) is 0 Å². The van der Waals surface area contributed by atoms with Crippen LogP contribution < -0.4 is 0 Å². The quantitative estimate of drug-likeness (QED) is 0.475. The van der Waals surface area contributed by atoms with Crippen LogP contribution in [0, 0.1) is 17.8 Å². The maximum atomic E-state index is 6.91. The summed E-state index contributed by atoms with van der Waals surface area (Å²) in [6, 6.07) is 10.4. The highest BCUT2D eigenvalue weighted by Crippen LogP contribution is 2.45. The molecular weight excluding hydrogens is 264 g/mol. The van der Waals surface area contributed by atoms with E-state index >= 15 is 0 Å². The lowest BCUT2D eigenvalue weighted by Crippen LogP contribution is -2.32. The molecule has 1 heteroatoms. The second kappa shape index (κ2) is 6.18. The summed E-state index contributed by atoms with van der Waals surface area (Å²) in [6.07, 6.45) is 7.98. The largest absolute Gasteiger partial charge is 0.109 e. The lowest BCUT2D eigenvalue weighted by atomic mass is 9.65. The van der Waals surface area contributed by atoms with Gasteiger partial charge in [0.2, 0.25) is 0 Å². The summed E-state index contributed by atoms with van der Waals surface area (Å²) in [5.74, 6) is 2.20. The Bertz CT molecular complexity index is 488. The molecule has 1 aliphatic carbocycles. The van der Waals surface area contributed by atoms with E-state index in [1.807, 2.05) is 6.07 Å². The van der Waals surface area contributed by atoms with Crippen LogP contribution in [0.5, 0.6) is 0 Å². The summed E-state index contributed by atoms with van der Waals surface area (Å²) < 4.78 is 0. The number of halogens is 1. The maximum absolute atomic E-state index is 6.91. The van der Waals surface area contributed by atoms with Crippen LogP contribution in [0.1, 0.15) is 39.7 Å². The maximum Gasteiger partial charge on any atom is 0.0912 e. The fourth-order valence-corrected chi connectivity index (χ4v) is 3.52. The molecule has 0 N–H and O–H groups in total. The number of hydrogen-bond acceptors (Lipinski definition) is 0. The molecule has 108 valence electrons. The Labute approximate surface area is 128 Å². The van der Waals surface area contributed by atoms with Crippen molar-refractivity contribution in [3.63, 3.8) is 0 Å². The van der Waals surface area contributed by atoms with Gasteiger partial charge in [0.1, 0.15) is 0 Å².